The van der Waals surface area contributed by atoms with Gasteiger partial charge in [0.05, 0.1) is 10.0 Å². The molecule has 0 spiro atoms. The number of nitrogens with one attached hydrogen (secondary N) is 1. The van der Waals surface area contributed by atoms with E-state index in [0.29, 0.717) is 6.54 Å². The summed E-state index contributed by atoms with van der Waals surface area (Å²) in [6.45, 7) is 2.07. The van der Waals surface area contributed by atoms with Crippen LogP contribution >= 0.6 is 15.9 Å². The number of amides is 1. The average molecular weight is 264 g/mol. The molecule has 1 N–H and O–H groups in total. The Labute approximate surface area is 88.4 Å². The predicted octanol–water partition coefficient (Wildman–Crippen LogP) is 2.48. The topological polar surface area (TPSA) is 29.1 Å². The van der Waals surface area contributed by atoms with Crippen LogP contribution in [0, 0.1) is 11.6 Å². The maximum Gasteiger partial charge on any atom is 0.254 e. The lowest BCUT2D eigenvalue weighted by atomic mass is 10.2. The van der Waals surface area contributed by atoms with Gasteiger partial charge in [-0.2, -0.15) is 0 Å². The maximum absolute atomic E-state index is 13.2. The molecule has 0 atom stereocenters. The van der Waals surface area contributed by atoms with Crippen molar-refractivity contribution < 1.29 is 13.6 Å². The van der Waals surface area contributed by atoms with Gasteiger partial charge in [-0.3, -0.25) is 4.79 Å². The summed E-state index contributed by atoms with van der Waals surface area (Å²) in [6, 6.07) is 2.52. The van der Waals surface area contributed by atoms with Gasteiger partial charge >= 0.3 is 0 Å². The van der Waals surface area contributed by atoms with Gasteiger partial charge in [-0.25, -0.2) is 8.78 Å². The molecular formula is C9H8BrF2NO. The largest absolute Gasteiger partial charge is 0.352 e. The molecule has 0 unspecified atom stereocenters. The molecule has 76 valence electrons. The molecular weight excluding hydrogens is 256 g/mol. The highest BCUT2D eigenvalue weighted by atomic mass is 79.9. The van der Waals surface area contributed by atoms with Gasteiger partial charge in [-0.15, -0.1) is 0 Å². The Morgan fingerprint density at radius 2 is 2.07 bits per heavy atom. The summed E-state index contributed by atoms with van der Waals surface area (Å²) < 4.78 is 26.2. The quantitative estimate of drug-likeness (QED) is 0.817. The third kappa shape index (κ3) is 2.09. The summed E-state index contributed by atoms with van der Waals surface area (Å²) in [4.78, 5) is 11.2. The van der Waals surface area contributed by atoms with Crippen molar-refractivity contribution in [3.8, 4) is 0 Å². The number of benzene rings is 1. The maximum atomic E-state index is 13.2. The molecule has 1 aromatic carbocycles. The number of carbonyl (C=O) groups is 1. The molecule has 2 nitrogen and oxygen atoms in total. The molecule has 14 heavy (non-hydrogen) atoms. The lowest BCUT2D eigenvalue weighted by molar-refractivity contribution is 0.0950. The van der Waals surface area contributed by atoms with Crippen molar-refractivity contribution in [2.45, 2.75) is 6.92 Å². The predicted molar refractivity (Wildman–Crippen MR) is 52.1 cm³/mol. The van der Waals surface area contributed by atoms with E-state index in [4.69, 9.17) is 0 Å². The molecule has 5 heteroatoms. The zero-order chi connectivity index (χ0) is 10.7. The van der Waals surface area contributed by atoms with Crippen molar-refractivity contribution in [1.29, 1.82) is 0 Å². The fourth-order valence-corrected chi connectivity index (χ4v) is 1.26. The van der Waals surface area contributed by atoms with Crippen molar-refractivity contribution >= 4 is 21.8 Å². The highest BCUT2D eigenvalue weighted by molar-refractivity contribution is 9.10. The van der Waals surface area contributed by atoms with Crippen LogP contribution in [0.15, 0.2) is 16.6 Å². The van der Waals surface area contributed by atoms with Crippen LogP contribution in [0.3, 0.4) is 0 Å². The van der Waals surface area contributed by atoms with E-state index in [0.717, 1.165) is 0 Å². The van der Waals surface area contributed by atoms with Crippen molar-refractivity contribution in [2.24, 2.45) is 0 Å². The molecule has 0 bridgehead atoms. The van der Waals surface area contributed by atoms with Crippen molar-refractivity contribution in [3.05, 3.63) is 33.8 Å². The van der Waals surface area contributed by atoms with E-state index in [1.165, 1.54) is 12.1 Å². The number of carbonyl (C=O) groups excluding carboxylic acids is 1. The van der Waals surface area contributed by atoms with Gasteiger partial charge in [0.25, 0.3) is 5.91 Å². The van der Waals surface area contributed by atoms with Gasteiger partial charge in [-0.1, -0.05) is 0 Å². The summed E-state index contributed by atoms with van der Waals surface area (Å²) in [5, 5.41) is 2.39. The third-order valence-corrected chi connectivity index (χ3v) is 2.23. The molecule has 1 aromatic rings. The van der Waals surface area contributed by atoms with Crippen LogP contribution in [0.2, 0.25) is 0 Å². The number of rotatable bonds is 2. The van der Waals surface area contributed by atoms with Gasteiger partial charge in [0, 0.05) is 6.54 Å². The Morgan fingerprint density at radius 3 is 2.64 bits per heavy atom. The summed E-state index contributed by atoms with van der Waals surface area (Å²) in [5.74, 6) is -2.80. The monoisotopic (exact) mass is 263 g/mol. The van der Waals surface area contributed by atoms with Gasteiger partial charge in [0.1, 0.15) is 0 Å². The summed E-state index contributed by atoms with van der Waals surface area (Å²) in [6.07, 6.45) is 0. The third-order valence-electron chi connectivity index (χ3n) is 1.62. The molecule has 1 rings (SSSR count). The lowest BCUT2D eigenvalue weighted by Crippen LogP contribution is -2.24. The van der Waals surface area contributed by atoms with E-state index in [2.05, 4.69) is 21.2 Å². The van der Waals surface area contributed by atoms with Crippen LogP contribution in [0.5, 0.6) is 0 Å². The SMILES string of the molecule is CCNC(=O)c1ccc(Br)c(F)c1F. The fourth-order valence-electron chi connectivity index (χ4n) is 0.957. The van der Waals surface area contributed by atoms with E-state index < -0.39 is 17.5 Å². The van der Waals surface area contributed by atoms with Crippen LogP contribution in [-0.2, 0) is 0 Å². The smallest absolute Gasteiger partial charge is 0.254 e. The van der Waals surface area contributed by atoms with E-state index >= 15 is 0 Å². The highest BCUT2D eigenvalue weighted by Gasteiger charge is 2.16. The second-order valence-electron chi connectivity index (χ2n) is 2.58. The van der Waals surface area contributed by atoms with E-state index in [-0.39, 0.29) is 10.0 Å². The molecule has 0 radical (unpaired) electrons. The molecule has 0 saturated heterocycles. The second kappa shape index (κ2) is 4.50. The molecule has 0 aliphatic carbocycles. The first-order valence-corrected chi connectivity index (χ1v) is 4.79. The van der Waals surface area contributed by atoms with Gasteiger partial charge in [0.2, 0.25) is 0 Å². The Kier molecular flexibility index (Phi) is 3.57. The summed E-state index contributed by atoms with van der Waals surface area (Å²) in [7, 11) is 0. The van der Waals surface area contributed by atoms with Crippen LogP contribution < -0.4 is 5.32 Å². The number of hydrogen-bond donors (Lipinski definition) is 1. The zero-order valence-electron chi connectivity index (χ0n) is 7.40. The Morgan fingerprint density at radius 1 is 1.43 bits per heavy atom. The van der Waals surface area contributed by atoms with E-state index in [1.807, 2.05) is 0 Å². The van der Waals surface area contributed by atoms with Gasteiger partial charge in [0.15, 0.2) is 11.6 Å². The van der Waals surface area contributed by atoms with Crippen molar-refractivity contribution in [1.82, 2.24) is 5.32 Å². The normalized spacial score (nSPS) is 10.0. The summed E-state index contributed by atoms with van der Waals surface area (Å²) >= 11 is 2.82. The average Bonchev–Trinajstić information content (AvgIpc) is 2.15. The molecule has 1 amide bonds. The second-order valence-corrected chi connectivity index (χ2v) is 3.44. The van der Waals surface area contributed by atoms with Crippen LogP contribution in [0.25, 0.3) is 0 Å². The molecule has 0 aliphatic rings. The van der Waals surface area contributed by atoms with Crippen molar-refractivity contribution in [3.63, 3.8) is 0 Å². The Balaban J connectivity index is 3.11. The first kappa shape index (κ1) is 11.1. The minimum absolute atomic E-state index is 0.00282. The first-order chi connectivity index (χ1) is 6.57. The lowest BCUT2D eigenvalue weighted by Gasteiger charge is -2.04. The molecule has 0 fully saturated rings. The standard InChI is InChI=1S/C9H8BrF2NO/c1-2-13-9(14)5-3-4-6(10)8(12)7(5)11/h3-4H,2H2,1H3,(H,13,14). The Bertz CT molecular complexity index is 368. The molecule has 0 heterocycles. The van der Waals surface area contributed by atoms with Crippen LogP contribution in [0.4, 0.5) is 8.78 Å². The molecule has 0 aliphatic heterocycles. The van der Waals surface area contributed by atoms with Crippen LogP contribution in [0.1, 0.15) is 17.3 Å². The van der Waals surface area contributed by atoms with Gasteiger partial charge in [-0.05, 0) is 35.0 Å². The molecule has 0 aromatic heterocycles. The fraction of sp³-hybridized carbons (Fsp3) is 0.222. The zero-order valence-corrected chi connectivity index (χ0v) is 8.99. The highest BCUT2D eigenvalue weighted by Crippen LogP contribution is 2.20. The first-order valence-electron chi connectivity index (χ1n) is 3.99. The minimum atomic E-state index is -1.13. The Hall–Kier alpha value is -0.970. The van der Waals surface area contributed by atoms with Crippen molar-refractivity contribution in [2.75, 3.05) is 6.54 Å². The van der Waals surface area contributed by atoms with Crippen LogP contribution in [-0.4, -0.2) is 12.5 Å². The summed E-state index contributed by atoms with van der Waals surface area (Å²) in [5.41, 5.74) is -0.285. The van der Waals surface area contributed by atoms with E-state index in [1.54, 1.807) is 6.92 Å². The van der Waals surface area contributed by atoms with E-state index in [9.17, 15) is 13.6 Å². The number of hydrogen-bond acceptors (Lipinski definition) is 1. The molecule has 0 saturated carbocycles. The number of halogens is 3. The van der Waals surface area contributed by atoms with Gasteiger partial charge < -0.3 is 5.32 Å². The minimum Gasteiger partial charge on any atom is -0.352 e.